The summed E-state index contributed by atoms with van der Waals surface area (Å²) in [6.45, 7) is 0.702. The third-order valence-electron chi connectivity index (χ3n) is 5.22. The van der Waals surface area contributed by atoms with Gasteiger partial charge in [0.2, 0.25) is 5.91 Å². The van der Waals surface area contributed by atoms with Crippen LogP contribution in [0.15, 0.2) is 84.9 Å². The van der Waals surface area contributed by atoms with Crippen LogP contribution in [0.4, 0.5) is 0 Å². The largest absolute Gasteiger partial charge is 0.497 e. The Hall–Kier alpha value is -3.11. The zero-order valence-electron chi connectivity index (χ0n) is 15.9. The van der Waals surface area contributed by atoms with E-state index in [2.05, 4.69) is 34.5 Å². The van der Waals surface area contributed by atoms with Gasteiger partial charge >= 0.3 is 0 Å². The minimum atomic E-state index is -0.213. The Balaban J connectivity index is 1.65. The lowest BCUT2D eigenvalue weighted by Gasteiger charge is -2.28. The normalized spacial score (nSPS) is 19.4. The Morgan fingerprint density at radius 1 is 0.857 bits per heavy atom. The van der Waals surface area contributed by atoms with Gasteiger partial charge in [0.25, 0.3) is 0 Å². The Bertz CT molecular complexity index is 910. The van der Waals surface area contributed by atoms with E-state index < -0.39 is 0 Å². The lowest BCUT2D eigenvalue weighted by Crippen LogP contribution is -2.35. The minimum Gasteiger partial charge on any atom is -0.497 e. The maximum atomic E-state index is 12.9. The van der Waals surface area contributed by atoms with Crippen LogP contribution in [-0.4, -0.2) is 24.0 Å². The van der Waals surface area contributed by atoms with Gasteiger partial charge in [0.1, 0.15) is 11.9 Å². The fourth-order valence-electron chi connectivity index (χ4n) is 3.75. The third kappa shape index (κ3) is 3.92. The molecule has 0 aromatic heterocycles. The number of nitrogens with zero attached hydrogens (tertiary/aromatic N) is 1. The Kier molecular flexibility index (Phi) is 5.40. The van der Waals surface area contributed by atoms with Gasteiger partial charge in [-0.25, -0.2) is 0 Å². The minimum absolute atomic E-state index is 0.0700. The molecule has 1 heterocycles. The molecular formula is C24H24N2O2. The van der Waals surface area contributed by atoms with Crippen LogP contribution in [-0.2, 0) is 17.8 Å². The van der Waals surface area contributed by atoms with Gasteiger partial charge in [0.05, 0.1) is 13.2 Å². The SMILES string of the molecule is COc1ccc(C2NC(=O)[C@H](Cc3ccccc3)N2Cc2ccccc2)cc1. The molecule has 1 N–H and O–H groups in total. The number of rotatable bonds is 6. The van der Waals surface area contributed by atoms with Gasteiger partial charge in [0.15, 0.2) is 0 Å². The van der Waals surface area contributed by atoms with Crippen molar-refractivity contribution in [2.45, 2.75) is 25.2 Å². The van der Waals surface area contributed by atoms with Gasteiger partial charge in [0, 0.05) is 6.54 Å². The first-order chi connectivity index (χ1) is 13.7. The number of amides is 1. The van der Waals surface area contributed by atoms with Crippen LogP contribution in [0.2, 0.25) is 0 Å². The third-order valence-corrected chi connectivity index (χ3v) is 5.22. The summed E-state index contributed by atoms with van der Waals surface area (Å²) < 4.78 is 5.27. The lowest BCUT2D eigenvalue weighted by molar-refractivity contribution is -0.121. The molecule has 3 aromatic carbocycles. The molecule has 142 valence electrons. The quantitative estimate of drug-likeness (QED) is 0.713. The second-order valence-electron chi connectivity index (χ2n) is 7.05. The average molecular weight is 372 g/mol. The number of hydrogen-bond acceptors (Lipinski definition) is 3. The number of nitrogens with one attached hydrogen (secondary N) is 1. The number of hydrogen-bond donors (Lipinski definition) is 1. The highest BCUT2D eigenvalue weighted by atomic mass is 16.5. The van der Waals surface area contributed by atoms with E-state index in [9.17, 15) is 4.79 Å². The van der Waals surface area contributed by atoms with Gasteiger partial charge in [-0.2, -0.15) is 0 Å². The second-order valence-corrected chi connectivity index (χ2v) is 7.05. The van der Waals surface area contributed by atoms with Crippen LogP contribution >= 0.6 is 0 Å². The number of benzene rings is 3. The van der Waals surface area contributed by atoms with Gasteiger partial charge in [-0.15, -0.1) is 0 Å². The van der Waals surface area contributed by atoms with E-state index in [0.717, 1.165) is 16.9 Å². The first-order valence-electron chi connectivity index (χ1n) is 9.52. The van der Waals surface area contributed by atoms with Crippen molar-refractivity contribution in [2.75, 3.05) is 7.11 Å². The summed E-state index contributed by atoms with van der Waals surface area (Å²) in [4.78, 5) is 15.2. The van der Waals surface area contributed by atoms with E-state index in [-0.39, 0.29) is 18.1 Å². The second kappa shape index (κ2) is 8.28. The monoisotopic (exact) mass is 372 g/mol. The zero-order chi connectivity index (χ0) is 19.3. The van der Waals surface area contributed by atoms with Gasteiger partial charge in [-0.05, 0) is 35.2 Å². The first-order valence-corrected chi connectivity index (χ1v) is 9.52. The Labute approximate surface area is 165 Å². The molecule has 4 rings (SSSR count). The average Bonchev–Trinajstić information content (AvgIpc) is 3.05. The lowest BCUT2D eigenvalue weighted by atomic mass is 10.0. The summed E-state index contributed by atoms with van der Waals surface area (Å²) >= 11 is 0. The maximum absolute atomic E-state index is 12.9. The standard InChI is InChI=1S/C24H24N2O2/c1-28-21-14-12-20(13-15-21)23-25-24(27)22(16-18-8-4-2-5-9-18)26(23)17-19-10-6-3-7-11-19/h2-15,22-23H,16-17H2,1H3,(H,25,27)/t22-,23?/m0/s1. The highest BCUT2D eigenvalue weighted by Crippen LogP contribution is 2.31. The van der Waals surface area contributed by atoms with E-state index in [4.69, 9.17) is 4.74 Å². The van der Waals surface area contributed by atoms with Crippen molar-refractivity contribution in [3.05, 3.63) is 102 Å². The van der Waals surface area contributed by atoms with Crippen LogP contribution in [0, 0.1) is 0 Å². The van der Waals surface area contributed by atoms with E-state index >= 15 is 0 Å². The topological polar surface area (TPSA) is 41.6 Å². The summed E-state index contributed by atoms with van der Waals surface area (Å²) in [7, 11) is 1.66. The van der Waals surface area contributed by atoms with E-state index in [0.29, 0.717) is 13.0 Å². The van der Waals surface area contributed by atoms with Crippen molar-refractivity contribution in [1.29, 1.82) is 0 Å². The smallest absolute Gasteiger partial charge is 0.239 e. The van der Waals surface area contributed by atoms with Crippen molar-refractivity contribution in [3.63, 3.8) is 0 Å². The number of carbonyl (C=O) groups is 1. The highest BCUT2D eigenvalue weighted by molar-refractivity contribution is 5.84. The molecule has 0 bridgehead atoms. The van der Waals surface area contributed by atoms with Crippen molar-refractivity contribution >= 4 is 5.91 Å². The molecule has 1 saturated heterocycles. The van der Waals surface area contributed by atoms with Crippen LogP contribution in [0.3, 0.4) is 0 Å². The predicted octanol–water partition coefficient (Wildman–Crippen LogP) is 3.94. The van der Waals surface area contributed by atoms with Crippen LogP contribution in [0.1, 0.15) is 22.9 Å². The van der Waals surface area contributed by atoms with Crippen molar-refractivity contribution < 1.29 is 9.53 Å². The summed E-state index contributed by atoms with van der Waals surface area (Å²) in [6.07, 6.45) is 0.527. The molecule has 0 saturated carbocycles. The predicted molar refractivity (Wildman–Crippen MR) is 110 cm³/mol. The maximum Gasteiger partial charge on any atom is 0.239 e. The highest BCUT2D eigenvalue weighted by Gasteiger charge is 2.40. The van der Waals surface area contributed by atoms with Crippen LogP contribution in [0.5, 0.6) is 5.75 Å². The molecule has 28 heavy (non-hydrogen) atoms. The van der Waals surface area contributed by atoms with Crippen LogP contribution in [0.25, 0.3) is 0 Å². The Morgan fingerprint density at radius 3 is 2.07 bits per heavy atom. The van der Waals surface area contributed by atoms with Crippen molar-refractivity contribution in [3.8, 4) is 5.75 Å². The summed E-state index contributed by atoms with van der Waals surface area (Å²) in [6, 6.07) is 28.2. The molecule has 0 spiro atoms. The molecule has 1 amide bonds. The van der Waals surface area contributed by atoms with Gasteiger partial charge in [-0.1, -0.05) is 72.8 Å². The molecule has 1 unspecified atom stereocenters. The molecular weight excluding hydrogens is 348 g/mol. The molecule has 2 atom stereocenters. The van der Waals surface area contributed by atoms with Gasteiger partial charge in [-0.3, -0.25) is 9.69 Å². The molecule has 0 radical (unpaired) electrons. The van der Waals surface area contributed by atoms with E-state index in [1.54, 1.807) is 7.11 Å². The number of ether oxygens (including phenoxy) is 1. The summed E-state index contributed by atoms with van der Waals surface area (Å²) in [5.74, 6) is 0.879. The van der Waals surface area contributed by atoms with Crippen molar-refractivity contribution in [2.24, 2.45) is 0 Å². The van der Waals surface area contributed by atoms with Gasteiger partial charge < -0.3 is 10.1 Å². The Morgan fingerprint density at radius 2 is 1.46 bits per heavy atom. The fourth-order valence-corrected chi connectivity index (χ4v) is 3.75. The van der Waals surface area contributed by atoms with E-state index in [1.165, 1.54) is 5.56 Å². The molecule has 1 fully saturated rings. The molecule has 1 aliphatic rings. The molecule has 3 aromatic rings. The van der Waals surface area contributed by atoms with Crippen LogP contribution < -0.4 is 10.1 Å². The number of carbonyl (C=O) groups excluding carboxylic acids is 1. The van der Waals surface area contributed by atoms with Crippen molar-refractivity contribution in [1.82, 2.24) is 10.2 Å². The fraction of sp³-hybridized carbons (Fsp3) is 0.208. The molecule has 4 heteroatoms. The zero-order valence-corrected chi connectivity index (χ0v) is 15.9. The van der Waals surface area contributed by atoms with E-state index in [1.807, 2.05) is 60.7 Å². The summed E-state index contributed by atoms with van der Waals surface area (Å²) in [5.41, 5.74) is 3.41. The number of methoxy groups -OCH3 is 1. The molecule has 1 aliphatic heterocycles. The molecule has 4 nitrogen and oxygen atoms in total. The molecule has 0 aliphatic carbocycles. The first kappa shape index (κ1) is 18.3. The summed E-state index contributed by atoms with van der Waals surface area (Å²) in [5, 5.41) is 3.19.